The van der Waals surface area contributed by atoms with Crippen LogP contribution in [0.5, 0.6) is 5.75 Å². The number of carbonyl (C=O) groups is 1. The second-order valence-electron chi connectivity index (χ2n) is 6.87. The zero-order chi connectivity index (χ0) is 19.7. The Kier molecular flexibility index (Phi) is 4.97. The molecule has 142 valence electrons. The fraction of sp³-hybridized carbons (Fsp3) is 0.273. The molecule has 0 bridgehead atoms. The van der Waals surface area contributed by atoms with Gasteiger partial charge in [-0.2, -0.15) is 5.26 Å². The average molecular weight is 395 g/mol. The van der Waals surface area contributed by atoms with Crippen molar-refractivity contribution >= 4 is 23.3 Å². The predicted molar refractivity (Wildman–Crippen MR) is 107 cm³/mol. The third-order valence-electron chi connectivity index (χ3n) is 5.42. The minimum absolute atomic E-state index is 0.0228. The minimum atomic E-state index is -0.355. The summed E-state index contributed by atoms with van der Waals surface area (Å²) < 4.78 is 10.3. The van der Waals surface area contributed by atoms with E-state index in [9.17, 15) is 4.79 Å². The number of carbonyl (C=O) groups excluding carboxylic acids is 1. The molecule has 0 radical (unpaired) electrons. The van der Waals surface area contributed by atoms with Crippen LogP contribution in [0.15, 0.2) is 48.6 Å². The number of anilines is 1. The number of nitrogens with zero attached hydrogens (tertiary/aromatic N) is 1. The number of fused-ring (bicyclic) bond motifs is 3. The molecular formula is C22H19ClN2O3. The summed E-state index contributed by atoms with van der Waals surface area (Å²) in [5, 5.41) is 12.8. The number of hydrogen-bond donors (Lipinski definition) is 1. The van der Waals surface area contributed by atoms with E-state index in [4.69, 9.17) is 26.3 Å². The van der Waals surface area contributed by atoms with Crippen molar-refractivity contribution in [3.05, 3.63) is 70.3 Å². The van der Waals surface area contributed by atoms with Crippen LogP contribution < -0.4 is 10.1 Å². The van der Waals surface area contributed by atoms with Gasteiger partial charge in [0.2, 0.25) is 0 Å². The molecule has 2 aliphatic rings. The first kappa shape index (κ1) is 18.4. The van der Waals surface area contributed by atoms with Crippen LogP contribution in [0.1, 0.15) is 39.9 Å². The summed E-state index contributed by atoms with van der Waals surface area (Å²) in [4.78, 5) is 12.3. The number of benzene rings is 2. The van der Waals surface area contributed by atoms with E-state index in [-0.39, 0.29) is 30.5 Å². The summed E-state index contributed by atoms with van der Waals surface area (Å²) in [5.41, 5.74) is 3.35. The quantitative estimate of drug-likeness (QED) is 0.592. The fourth-order valence-electron chi connectivity index (χ4n) is 4.18. The monoisotopic (exact) mass is 394 g/mol. The standard InChI is InChI=1S/C22H19ClN2O3/c1-27-22(26)17-9-10-18(23)21-19(17)15-3-2-4-16(15)20(25-21)13-5-7-14(8-6-13)28-12-11-24/h2-3,5-10,15-16,20,25H,4,12H2,1H3/t15-,16+,20+/m1/s1. The molecule has 0 amide bonds. The number of rotatable bonds is 4. The number of allylic oxidation sites excluding steroid dienone is 2. The molecule has 0 unspecified atom stereocenters. The van der Waals surface area contributed by atoms with Crippen LogP contribution in [0.3, 0.4) is 0 Å². The van der Waals surface area contributed by atoms with Crippen molar-refractivity contribution < 1.29 is 14.3 Å². The Balaban J connectivity index is 1.73. The van der Waals surface area contributed by atoms with E-state index in [1.54, 1.807) is 12.1 Å². The third kappa shape index (κ3) is 3.10. The zero-order valence-corrected chi connectivity index (χ0v) is 16.1. The first-order chi connectivity index (χ1) is 13.6. The molecule has 2 aromatic carbocycles. The highest BCUT2D eigenvalue weighted by Gasteiger charge is 2.41. The lowest BCUT2D eigenvalue weighted by molar-refractivity contribution is 0.0598. The largest absolute Gasteiger partial charge is 0.479 e. The number of esters is 1. The maximum Gasteiger partial charge on any atom is 0.338 e. The topological polar surface area (TPSA) is 71.3 Å². The molecule has 1 aliphatic carbocycles. The van der Waals surface area contributed by atoms with Crippen molar-refractivity contribution in [3.8, 4) is 11.8 Å². The summed E-state index contributed by atoms with van der Waals surface area (Å²) in [6, 6.07) is 13.2. The molecule has 4 rings (SSSR count). The highest BCUT2D eigenvalue weighted by Crippen LogP contribution is 2.52. The second kappa shape index (κ2) is 7.57. The van der Waals surface area contributed by atoms with E-state index < -0.39 is 0 Å². The highest BCUT2D eigenvalue weighted by molar-refractivity contribution is 6.33. The lowest BCUT2D eigenvalue weighted by Crippen LogP contribution is -2.30. The molecular weight excluding hydrogens is 376 g/mol. The molecule has 6 heteroatoms. The zero-order valence-electron chi connectivity index (χ0n) is 15.3. The van der Waals surface area contributed by atoms with Gasteiger partial charge in [0.15, 0.2) is 6.61 Å². The normalized spacial score (nSPS) is 21.8. The van der Waals surface area contributed by atoms with Gasteiger partial charge >= 0.3 is 5.97 Å². The lowest BCUT2D eigenvalue weighted by Gasteiger charge is -2.38. The second-order valence-corrected chi connectivity index (χ2v) is 7.27. The maximum atomic E-state index is 12.3. The highest BCUT2D eigenvalue weighted by atomic mass is 35.5. The third-order valence-corrected chi connectivity index (χ3v) is 5.73. The molecule has 0 saturated carbocycles. The van der Waals surface area contributed by atoms with Gasteiger partial charge in [-0.15, -0.1) is 0 Å². The number of nitrogens with one attached hydrogen (secondary N) is 1. The van der Waals surface area contributed by atoms with Crippen molar-refractivity contribution in [2.24, 2.45) is 5.92 Å². The molecule has 0 saturated heterocycles. The molecule has 1 heterocycles. The number of ether oxygens (including phenoxy) is 2. The van der Waals surface area contributed by atoms with Crippen molar-refractivity contribution in [1.82, 2.24) is 0 Å². The summed E-state index contributed by atoms with van der Waals surface area (Å²) in [5.74, 6) is 0.656. The van der Waals surface area contributed by atoms with Crippen molar-refractivity contribution in [1.29, 1.82) is 5.26 Å². The molecule has 0 spiro atoms. The molecule has 2 aromatic rings. The number of halogens is 1. The van der Waals surface area contributed by atoms with Gasteiger partial charge in [-0.3, -0.25) is 0 Å². The number of methoxy groups -OCH3 is 1. The first-order valence-electron chi connectivity index (χ1n) is 9.07. The van der Waals surface area contributed by atoms with Gasteiger partial charge in [0.05, 0.1) is 29.4 Å². The van der Waals surface area contributed by atoms with Gasteiger partial charge in [0.1, 0.15) is 11.8 Å². The fourth-order valence-corrected chi connectivity index (χ4v) is 4.40. The van der Waals surface area contributed by atoms with Crippen molar-refractivity contribution in [2.75, 3.05) is 19.0 Å². The van der Waals surface area contributed by atoms with E-state index in [2.05, 4.69) is 17.5 Å². The average Bonchev–Trinajstić information content (AvgIpc) is 3.22. The Hall–Kier alpha value is -2.97. The summed E-state index contributed by atoms with van der Waals surface area (Å²) in [7, 11) is 1.39. The predicted octanol–water partition coefficient (Wildman–Crippen LogP) is 4.86. The van der Waals surface area contributed by atoms with Gasteiger partial charge in [-0.05, 0) is 47.7 Å². The van der Waals surface area contributed by atoms with E-state index >= 15 is 0 Å². The summed E-state index contributed by atoms with van der Waals surface area (Å²) >= 11 is 6.50. The molecule has 0 aromatic heterocycles. The molecule has 28 heavy (non-hydrogen) atoms. The van der Waals surface area contributed by atoms with Crippen LogP contribution in [-0.2, 0) is 4.74 Å². The summed E-state index contributed by atoms with van der Waals surface area (Å²) in [6.45, 7) is 0.0228. The van der Waals surface area contributed by atoms with Crippen LogP contribution in [0.2, 0.25) is 5.02 Å². The van der Waals surface area contributed by atoms with E-state index in [1.807, 2.05) is 30.3 Å². The van der Waals surface area contributed by atoms with Crippen LogP contribution in [0.4, 0.5) is 5.69 Å². The smallest absolute Gasteiger partial charge is 0.338 e. The first-order valence-corrected chi connectivity index (χ1v) is 9.45. The van der Waals surface area contributed by atoms with Gasteiger partial charge in [0, 0.05) is 5.92 Å². The van der Waals surface area contributed by atoms with Crippen LogP contribution in [-0.4, -0.2) is 19.7 Å². The van der Waals surface area contributed by atoms with E-state index in [0.717, 1.165) is 23.2 Å². The SMILES string of the molecule is COC(=O)c1ccc(Cl)c2c1[C@@H]1C=CC[C@@H]1[C@H](c1ccc(OCC#N)cc1)N2. The van der Waals surface area contributed by atoms with Gasteiger partial charge in [0.25, 0.3) is 0 Å². The molecule has 1 N–H and O–H groups in total. The van der Waals surface area contributed by atoms with E-state index in [0.29, 0.717) is 16.3 Å². The Morgan fingerprint density at radius 2 is 2.07 bits per heavy atom. The van der Waals surface area contributed by atoms with E-state index in [1.165, 1.54) is 7.11 Å². The Labute approximate surface area is 168 Å². The van der Waals surface area contributed by atoms with Crippen LogP contribution >= 0.6 is 11.6 Å². The van der Waals surface area contributed by atoms with Crippen LogP contribution in [0, 0.1) is 17.2 Å². The van der Waals surface area contributed by atoms with Crippen molar-refractivity contribution in [3.63, 3.8) is 0 Å². The molecule has 1 aliphatic heterocycles. The Morgan fingerprint density at radius 3 is 2.79 bits per heavy atom. The molecule has 0 fully saturated rings. The number of nitriles is 1. The summed E-state index contributed by atoms with van der Waals surface area (Å²) in [6.07, 6.45) is 5.22. The van der Waals surface area contributed by atoms with Crippen LogP contribution in [0.25, 0.3) is 0 Å². The van der Waals surface area contributed by atoms with Gasteiger partial charge < -0.3 is 14.8 Å². The lowest BCUT2D eigenvalue weighted by atomic mass is 9.75. The van der Waals surface area contributed by atoms with Gasteiger partial charge in [-0.25, -0.2) is 4.79 Å². The Morgan fingerprint density at radius 1 is 1.29 bits per heavy atom. The maximum absolute atomic E-state index is 12.3. The Bertz CT molecular complexity index is 979. The minimum Gasteiger partial charge on any atom is -0.479 e. The van der Waals surface area contributed by atoms with Crippen molar-refractivity contribution in [2.45, 2.75) is 18.4 Å². The van der Waals surface area contributed by atoms with Gasteiger partial charge in [-0.1, -0.05) is 35.9 Å². The molecule has 5 nitrogen and oxygen atoms in total. The number of hydrogen-bond acceptors (Lipinski definition) is 5. The molecule has 3 atom stereocenters.